The summed E-state index contributed by atoms with van der Waals surface area (Å²) < 4.78 is 0. The molecule has 2 aromatic rings. The maximum atomic E-state index is 11.7. The molecular formula is C15H12Cl2N2O. The molecule has 5 heteroatoms. The van der Waals surface area contributed by atoms with Crippen molar-refractivity contribution in [2.45, 2.75) is 6.54 Å². The zero-order valence-electron chi connectivity index (χ0n) is 10.5. The molecule has 0 fully saturated rings. The van der Waals surface area contributed by atoms with Crippen molar-refractivity contribution < 1.29 is 4.79 Å². The zero-order valence-corrected chi connectivity index (χ0v) is 12.0. The third-order valence-corrected chi connectivity index (χ3v) is 2.92. The van der Waals surface area contributed by atoms with Gasteiger partial charge in [0, 0.05) is 22.3 Å². The second-order valence-electron chi connectivity index (χ2n) is 4.07. The fraction of sp³-hybridized carbons (Fsp3) is 0.0667. The van der Waals surface area contributed by atoms with Gasteiger partial charge in [-0.25, -0.2) is 0 Å². The summed E-state index contributed by atoms with van der Waals surface area (Å²) in [5.74, 6) is -0.202. The molecule has 102 valence electrons. The Hall–Kier alpha value is -1.84. The lowest BCUT2D eigenvalue weighted by molar-refractivity contribution is -0.116. The molecule has 1 amide bonds. The molecule has 0 atom stereocenters. The van der Waals surface area contributed by atoms with Crippen LogP contribution < -0.4 is 5.32 Å². The largest absolute Gasteiger partial charge is 0.347 e. The van der Waals surface area contributed by atoms with Crippen molar-refractivity contribution in [2.75, 3.05) is 0 Å². The quantitative estimate of drug-likeness (QED) is 0.875. The number of pyridine rings is 1. The summed E-state index contributed by atoms with van der Waals surface area (Å²) in [6, 6.07) is 10.7. The SMILES string of the molecule is O=C(/C=C/c1cc(Cl)cc(Cl)c1)NCc1ccccn1. The number of aromatic nitrogens is 1. The van der Waals surface area contributed by atoms with Crippen molar-refractivity contribution >= 4 is 35.2 Å². The van der Waals surface area contributed by atoms with Crippen LogP contribution in [0.1, 0.15) is 11.3 Å². The van der Waals surface area contributed by atoms with Gasteiger partial charge in [-0.2, -0.15) is 0 Å². The van der Waals surface area contributed by atoms with E-state index in [0.717, 1.165) is 11.3 Å². The first kappa shape index (κ1) is 14.6. The van der Waals surface area contributed by atoms with E-state index in [4.69, 9.17) is 23.2 Å². The Labute approximate surface area is 127 Å². The third-order valence-electron chi connectivity index (χ3n) is 2.48. The zero-order chi connectivity index (χ0) is 14.4. The Morgan fingerprint density at radius 2 is 1.95 bits per heavy atom. The molecule has 3 nitrogen and oxygen atoms in total. The van der Waals surface area contributed by atoms with Crippen molar-refractivity contribution in [2.24, 2.45) is 0 Å². The van der Waals surface area contributed by atoms with Crippen molar-refractivity contribution in [3.05, 3.63) is 70.0 Å². The Morgan fingerprint density at radius 1 is 1.20 bits per heavy atom. The summed E-state index contributed by atoms with van der Waals surface area (Å²) in [6.07, 6.45) is 4.78. The minimum atomic E-state index is -0.202. The first-order valence-electron chi connectivity index (χ1n) is 5.95. The van der Waals surface area contributed by atoms with E-state index in [2.05, 4.69) is 10.3 Å². The highest BCUT2D eigenvalue weighted by Crippen LogP contribution is 2.19. The Kier molecular flexibility index (Phi) is 5.16. The van der Waals surface area contributed by atoms with E-state index in [1.54, 1.807) is 30.5 Å². The number of rotatable bonds is 4. The normalized spacial score (nSPS) is 10.7. The summed E-state index contributed by atoms with van der Waals surface area (Å²) in [5.41, 5.74) is 1.58. The van der Waals surface area contributed by atoms with E-state index < -0.39 is 0 Å². The first-order valence-corrected chi connectivity index (χ1v) is 6.71. The number of halogens is 2. The lowest BCUT2D eigenvalue weighted by Crippen LogP contribution is -2.20. The predicted molar refractivity (Wildman–Crippen MR) is 81.6 cm³/mol. The molecule has 0 bridgehead atoms. The topological polar surface area (TPSA) is 42.0 Å². The Balaban J connectivity index is 1.92. The number of benzene rings is 1. The average molecular weight is 307 g/mol. The van der Waals surface area contributed by atoms with E-state index in [9.17, 15) is 4.79 Å². The first-order chi connectivity index (χ1) is 9.63. The van der Waals surface area contributed by atoms with Gasteiger partial charge in [0.1, 0.15) is 0 Å². The van der Waals surface area contributed by atoms with E-state index in [1.807, 2.05) is 18.2 Å². The van der Waals surface area contributed by atoms with Crippen LogP contribution in [0.3, 0.4) is 0 Å². The molecule has 20 heavy (non-hydrogen) atoms. The molecular weight excluding hydrogens is 295 g/mol. The molecule has 2 rings (SSSR count). The summed E-state index contributed by atoms with van der Waals surface area (Å²) in [4.78, 5) is 15.8. The van der Waals surface area contributed by atoms with Gasteiger partial charge < -0.3 is 5.32 Å². The molecule has 0 aliphatic heterocycles. The van der Waals surface area contributed by atoms with Crippen LogP contribution in [0.25, 0.3) is 6.08 Å². The fourth-order valence-corrected chi connectivity index (χ4v) is 2.13. The fourth-order valence-electron chi connectivity index (χ4n) is 1.58. The van der Waals surface area contributed by atoms with Gasteiger partial charge in [-0.15, -0.1) is 0 Å². The molecule has 0 radical (unpaired) electrons. The smallest absolute Gasteiger partial charge is 0.244 e. The maximum Gasteiger partial charge on any atom is 0.244 e. The van der Waals surface area contributed by atoms with Crippen LogP contribution in [0.15, 0.2) is 48.7 Å². The van der Waals surface area contributed by atoms with Crippen LogP contribution in [0, 0.1) is 0 Å². The lowest BCUT2D eigenvalue weighted by Gasteiger charge is -2.01. The number of carbonyl (C=O) groups is 1. The number of nitrogens with zero attached hydrogens (tertiary/aromatic N) is 1. The summed E-state index contributed by atoms with van der Waals surface area (Å²) in [6.45, 7) is 0.389. The van der Waals surface area contributed by atoms with Gasteiger partial charge in [0.25, 0.3) is 0 Å². The molecule has 1 aromatic heterocycles. The van der Waals surface area contributed by atoms with Crippen molar-refractivity contribution in [3.63, 3.8) is 0 Å². The molecule has 0 saturated heterocycles. The lowest BCUT2D eigenvalue weighted by atomic mass is 10.2. The molecule has 0 unspecified atom stereocenters. The summed E-state index contributed by atoms with van der Waals surface area (Å²) >= 11 is 11.8. The van der Waals surface area contributed by atoms with Crippen LogP contribution >= 0.6 is 23.2 Å². The Morgan fingerprint density at radius 3 is 2.60 bits per heavy atom. The number of nitrogens with one attached hydrogen (secondary N) is 1. The minimum Gasteiger partial charge on any atom is -0.347 e. The van der Waals surface area contributed by atoms with Gasteiger partial charge in [-0.1, -0.05) is 29.3 Å². The van der Waals surface area contributed by atoms with Crippen LogP contribution in [0.2, 0.25) is 10.0 Å². The van der Waals surface area contributed by atoms with Gasteiger partial charge in [0.05, 0.1) is 12.2 Å². The van der Waals surface area contributed by atoms with Crippen LogP contribution in [0.4, 0.5) is 0 Å². The van der Waals surface area contributed by atoms with Crippen LogP contribution in [0.5, 0.6) is 0 Å². The molecule has 0 spiro atoms. The van der Waals surface area contributed by atoms with Crippen LogP contribution in [-0.4, -0.2) is 10.9 Å². The highest BCUT2D eigenvalue weighted by atomic mass is 35.5. The van der Waals surface area contributed by atoms with Gasteiger partial charge in [-0.05, 0) is 42.0 Å². The van der Waals surface area contributed by atoms with Gasteiger partial charge >= 0.3 is 0 Å². The predicted octanol–water partition coefficient (Wildman–Crippen LogP) is 3.72. The second kappa shape index (κ2) is 7.08. The van der Waals surface area contributed by atoms with Gasteiger partial charge in [0.15, 0.2) is 0 Å². The molecule has 1 N–H and O–H groups in total. The third kappa shape index (κ3) is 4.68. The van der Waals surface area contributed by atoms with E-state index in [0.29, 0.717) is 16.6 Å². The standard InChI is InChI=1S/C15H12Cl2N2O/c16-12-7-11(8-13(17)9-12)4-5-15(20)19-10-14-3-1-2-6-18-14/h1-9H,10H2,(H,19,20)/b5-4+. The Bertz CT molecular complexity index is 607. The minimum absolute atomic E-state index is 0.202. The van der Waals surface area contributed by atoms with E-state index in [1.165, 1.54) is 6.08 Å². The van der Waals surface area contributed by atoms with Gasteiger partial charge in [-0.3, -0.25) is 9.78 Å². The second-order valence-corrected chi connectivity index (χ2v) is 4.95. The maximum absolute atomic E-state index is 11.7. The number of carbonyl (C=O) groups excluding carboxylic acids is 1. The van der Waals surface area contributed by atoms with E-state index in [-0.39, 0.29) is 5.91 Å². The number of amides is 1. The summed E-state index contributed by atoms with van der Waals surface area (Å²) in [5, 5.41) is 3.81. The number of hydrogen-bond acceptors (Lipinski definition) is 2. The highest BCUT2D eigenvalue weighted by molar-refractivity contribution is 6.34. The summed E-state index contributed by atoms with van der Waals surface area (Å²) in [7, 11) is 0. The molecule has 1 aromatic carbocycles. The highest BCUT2D eigenvalue weighted by Gasteiger charge is 1.98. The van der Waals surface area contributed by atoms with Crippen molar-refractivity contribution in [1.82, 2.24) is 10.3 Å². The average Bonchev–Trinajstić information content (AvgIpc) is 2.43. The van der Waals surface area contributed by atoms with Crippen molar-refractivity contribution in [3.8, 4) is 0 Å². The van der Waals surface area contributed by atoms with Gasteiger partial charge in [0.2, 0.25) is 5.91 Å². The molecule has 0 saturated carbocycles. The van der Waals surface area contributed by atoms with Crippen LogP contribution in [-0.2, 0) is 11.3 Å². The number of hydrogen-bond donors (Lipinski definition) is 1. The molecule has 1 heterocycles. The molecule has 0 aliphatic carbocycles. The molecule has 0 aliphatic rings. The van der Waals surface area contributed by atoms with E-state index >= 15 is 0 Å². The monoisotopic (exact) mass is 306 g/mol. The van der Waals surface area contributed by atoms with Crippen molar-refractivity contribution in [1.29, 1.82) is 0 Å².